The van der Waals surface area contributed by atoms with E-state index in [1.807, 2.05) is 31.2 Å². The minimum Gasteiger partial charge on any atom is -0.494 e. The van der Waals surface area contributed by atoms with Gasteiger partial charge in [-0.05, 0) is 54.4 Å². The van der Waals surface area contributed by atoms with Gasteiger partial charge in [0.25, 0.3) is 0 Å². The Balaban J connectivity index is 1.75. The molecule has 4 rings (SSSR count). The summed E-state index contributed by atoms with van der Waals surface area (Å²) < 4.78 is 7.78. The largest absolute Gasteiger partial charge is 0.494 e. The molecule has 1 atom stereocenters. The van der Waals surface area contributed by atoms with E-state index in [1.165, 1.54) is 16.8 Å². The molecule has 1 aliphatic rings. The maximum Gasteiger partial charge on any atom is 0.119 e. The number of benzene rings is 2. The number of halogens is 1. The second-order valence-electron chi connectivity index (χ2n) is 5.89. The lowest BCUT2D eigenvalue weighted by molar-refractivity contribution is 0.340. The zero-order chi connectivity index (χ0) is 16.5. The average Bonchev–Trinajstić information content (AvgIpc) is 3.02. The Morgan fingerprint density at radius 2 is 2.00 bits per heavy atom. The molecule has 0 spiro atoms. The monoisotopic (exact) mass is 338 g/mol. The van der Waals surface area contributed by atoms with Gasteiger partial charge in [-0.2, -0.15) is 0 Å². The molecule has 122 valence electrons. The number of hydrogen-bond acceptors (Lipinski definition) is 2. The van der Waals surface area contributed by atoms with Crippen molar-refractivity contribution in [3.63, 3.8) is 0 Å². The first-order valence-corrected chi connectivity index (χ1v) is 8.56. The van der Waals surface area contributed by atoms with Crippen LogP contribution < -0.4 is 10.1 Å². The van der Waals surface area contributed by atoms with E-state index < -0.39 is 0 Å². The van der Waals surface area contributed by atoms with Crippen LogP contribution in [0.15, 0.2) is 60.8 Å². The van der Waals surface area contributed by atoms with E-state index in [0.29, 0.717) is 6.61 Å². The number of rotatable bonds is 3. The Hall–Kier alpha value is -2.23. The van der Waals surface area contributed by atoms with Gasteiger partial charge in [0.2, 0.25) is 0 Å². The van der Waals surface area contributed by atoms with E-state index in [-0.39, 0.29) is 6.04 Å². The van der Waals surface area contributed by atoms with Crippen LogP contribution in [-0.2, 0) is 6.54 Å². The molecule has 4 heteroatoms. The fraction of sp³-hybridized carbons (Fsp3) is 0.200. The second-order valence-corrected chi connectivity index (χ2v) is 6.33. The predicted molar refractivity (Wildman–Crippen MR) is 97.1 cm³/mol. The molecule has 2 heterocycles. The number of nitrogens with zero attached hydrogens (tertiary/aromatic N) is 1. The summed E-state index contributed by atoms with van der Waals surface area (Å²) in [7, 11) is 0. The van der Waals surface area contributed by atoms with Crippen molar-refractivity contribution < 1.29 is 4.74 Å². The minimum absolute atomic E-state index is 0.127. The number of hydrogen-bond donors (Lipinski definition) is 1. The molecule has 3 nitrogen and oxygen atoms in total. The van der Waals surface area contributed by atoms with Gasteiger partial charge in [0.15, 0.2) is 0 Å². The quantitative estimate of drug-likeness (QED) is 0.747. The third-order valence-corrected chi connectivity index (χ3v) is 4.64. The molecule has 1 aliphatic heterocycles. The molecule has 2 aromatic carbocycles. The molecule has 24 heavy (non-hydrogen) atoms. The van der Waals surface area contributed by atoms with Crippen molar-refractivity contribution >= 4 is 11.6 Å². The van der Waals surface area contributed by atoms with E-state index in [0.717, 1.165) is 23.0 Å². The van der Waals surface area contributed by atoms with Gasteiger partial charge in [0.05, 0.1) is 18.3 Å². The lowest BCUT2D eigenvalue weighted by atomic mass is 10.0. The summed E-state index contributed by atoms with van der Waals surface area (Å²) in [4.78, 5) is 0. The van der Waals surface area contributed by atoms with Gasteiger partial charge < -0.3 is 14.6 Å². The number of aromatic nitrogens is 1. The van der Waals surface area contributed by atoms with Gasteiger partial charge in [-0.15, -0.1) is 0 Å². The predicted octanol–water partition coefficient (Wildman–Crippen LogP) is 4.72. The zero-order valence-electron chi connectivity index (χ0n) is 13.5. The molecule has 3 aromatic rings. The molecule has 0 amide bonds. The van der Waals surface area contributed by atoms with E-state index in [4.69, 9.17) is 16.3 Å². The van der Waals surface area contributed by atoms with E-state index in [1.54, 1.807) is 0 Å². The van der Waals surface area contributed by atoms with Crippen LogP contribution in [-0.4, -0.2) is 11.2 Å². The van der Waals surface area contributed by atoms with Crippen LogP contribution in [0.1, 0.15) is 29.8 Å². The summed E-state index contributed by atoms with van der Waals surface area (Å²) in [5.41, 5.74) is 4.81. The minimum atomic E-state index is 0.127. The fourth-order valence-electron chi connectivity index (χ4n) is 3.29. The summed E-state index contributed by atoms with van der Waals surface area (Å²) in [6.07, 6.45) is 2.10. The fourth-order valence-corrected chi connectivity index (χ4v) is 3.45. The first kappa shape index (κ1) is 15.3. The number of ether oxygens (including phenoxy) is 1. The van der Waals surface area contributed by atoms with Crippen LogP contribution in [0, 0.1) is 0 Å². The molecule has 1 N–H and O–H groups in total. The van der Waals surface area contributed by atoms with Gasteiger partial charge in [-0.1, -0.05) is 29.8 Å². The van der Waals surface area contributed by atoms with Crippen LogP contribution in [0.4, 0.5) is 0 Å². The topological polar surface area (TPSA) is 26.2 Å². The van der Waals surface area contributed by atoms with Crippen molar-refractivity contribution in [3.05, 3.63) is 82.6 Å². The molecule has 0 aliphatic carbocycles. The maximum absolute atomic E-state index is 6.22. The van der Waals surface area contributed by atoms with Crippen LogP contribution >= 0.6 is 11.6 Å². The smallest absolute Gasteiger partial charge is 0.119 e. The zero-order valence-corrected chi connectivity index (χ0v) is 14.3. The molecular formula is C20H19ClN2O. The van der Waals surface area contributed by atoms with E-state index in [9.17, 15) is 0 Å². The Morgan fingerprint density at radius 3 is 2.79 bits per heavy atom. The number of nitrogens with one attached hydrogen (secondary N) is 1. The summed E-state index contributed by atoms with van der Waals surface area (Å²) in [5.74, 6) is 0.903. The van der Waals surface area contributed by atoms with Crippen molar-refractivity contribution in [2.24, 2.45) is 0 Å². The van der Waals surface area contributed by atoms with Crippen molar-refractivity contribution in [1.29, 1.82) is 0 Å². The lowest BCUT2D eigenvalue weighted by Crippen LogP contribution is -2.21. The molecule has 0 radical (unpaired) electrons. The third-order valence-electron chi connectivity index (χ3n) is 4.40. The highest BCUT2D eigenvalue weighted by Crippen LogP contribution is 2.32. The summed E-state index contributed by atoms with van der Waals surface area (Å²) in [6.45, 7) is 3.47. The molecule has 0 bridgehead atoms. The highest BCUT2D eigenvalue weighted by atomic mass is 35.5. The third kappa shape index (κ3) is 2.70. The average molecular weight is 339 g/mol. The van der Waals surface area contributed by atoms with Crippen LogP contribution in [0.25, 0.3) is 5.69 Å². The van der Waals surface area contributed by atoms with Crippen LogP contribution in [0.3, 0.4) is 0 Å². The Kier molecular flexibility index (Phi) is 4.05. The first-order valence-electron chi connectivity index (χ1n) is 8.18. The lowest BCUT2D eigenvalue weighted by Gasteiger charge is -2.18. The molecule has 0 saturated heterocycles. The highest BCUT2D eigenvalue weighted by molar-refractivity contribution is 6.30. The SMILES string of the molecule is CCOc1ccc(C2NCc3ccc(Cl)cc3-n3cccc32)cc1. The summed E-state index contributed by atoms with van der Waals surface area (Å²) >= 11 is 6.22. The maximum atomic E-state index is 6.22. The van der Waals surface area contributed by atoms with Crippen molar-refractivity contribution in [1.82, 2.24) is 9.88 Å². The first-order chi connectivity index (χ1) is 11.8. The molecule has 1 unspecified atom stereocenters. The van der Waals surface area contributed by atoms with Gasteiger partial charge in [0, 0.05) is 23.5 Å². The molecule has 0 fully saturated rings. The van der Waals surface area contributed by atoms with Crippen LogP contribution in [0.2, 0.25) is 5.02 Å². The van der Waals surface area contributed by atoms with Crippen molar-refractivity contribution in [2.75, 3.05) is 6.61 Å². The molecule has 0 saturated carbocycles. The second kappa shape index (κ2) is 6.34. The number of fused-ring (bicyclic) bond motifs is 3. The molecular weight excluding hydrogens is 320 g/mol. The molecule has 1 aromatic heterocycles. The van der Waals surface area contributed by atoms with E-state index in [2.05, 4.69) is 46.4 Å². The normalized spacial score (nSPS) is 16.2. The van der Waals surface area contributed by atoms with Crippen LogP contribution in [0.5, 0.6) is 5.75 Å². The Labute approximate surface area is 146 Å². The van der Waals surface area contributed by atoms with Crippen molar-refractivity contribution in [3.8, 4) is 11.4 Å². The van der Waals surface area contributed by atoms with E-state index >= 15 is 0 Å². The van der Waals surface area contributed by atoms with Gasteiger partial charge in [0.1, 0.15) is 5.75 Å². The van der Waals surface area contributed by atoms with Gasteiger partial charge >= 0.3 is 0 Å². The van der Waals surface area contributed by atoms with Gasteiger partial charge in [-0.25, -0.2) is 0 Å². The van der Waals surface area contributed by atoms with Gasteiger partial charge in [-0.3, -0.25) is 0 Å². The van der Waals surface area contributed by atoms with Crippen molar-refractivity contribution in [2.45, 2.75) is 19.5 Å². The Morgan fingerprint density at radius 1 is 1.17 bits per heavy atom. The Bertz CT molecular complexity index is 854. The summed E-state index contributed by atoms with van der Waals surface area (Å²) in [6, 6.07) is 18.7. The standard InChI is InChI=1S/C20H19ClN2O/c1-2-24-17-9-6-14(7-10-17)20-18-4-3-11-23(18)19-12-16(21)8-5-15(19)13-22-20/h3-12,20,22H,2,13H2,1H3. The summed E-state index contributed by atoms with van der Waals surface area (Å²) in [5, 5.41) is 4.42. The highest BCUT2D eigenvalue weighted by Gasteiger charge is 2.22.